The van der Waals surface area contributed by atoms with Crippen LogP contribution in [0, 0.1) is 12.8 Å². The zero-order valence-corrected chi connectivity index (χ0v) is 24.0. The maximum atomic E-state index is 13.8. The van der Waals surface area contributed by atoms with Gasteiger partial charge in [0, 0.05) is 37.1 Å². The van der Waals surface area contributed by atoms with Crippen LogP contribution in [0.4, 0.5) is 4.79 Å². The van der Waals surface area contributed by atoms with Crippen LogP contribution in [0.15, 0.2) is 53.4 Å². The van der Waals surface area contributed by atoms with E-state index in [1.165, 1.54) is 12.0 Å². The molecule has 7 rings (SSSR count). The number of nitrogens with zero attached hydrogens (tertiary/aromatic N) is 3. The van der Waals surface area contributed by atoms with Gasteiger partial charge in [0.05, 0.1) is 11.5 Å². The molecular formula is C31H41N3O4S. The summed E-state index contributed by atoms with van der Waals surface area (Å²) in [4.78, 5) is 17.6. The summed E-state index contributed by atoms with van der Waals surface area (Å²) in [5.74, 6) is 0.527. The van der Waals surface area contributed by atoms with E-state index in [9.17, 15) is 13.2 Å². The van der Waals surface area contributed by atoms with E-state index in [0.717, 1.165) is 62.9 Å². The SMILES string of the molecule is CCOC(=O)N1CC2CCC1CC(N1CCC3(CC1)CN(S(=O)(=O)c1ccc(C)cc1)Cc1ccccc13)C2. The third-order valence-corrected chi connectivity index (χ3v) is 11.6. The second kappa shape index (κ2) is 10.5. The van der Waals surface area contributed by atoms with Crippen molar-refractivity contribution in [1.29, 1.82) is 0 Å². The Morgan fingerprint density at radius 3 is 2.49 bits per heavy atom. The lowest BCUT2D eigenvalue weighted by Gasteiger charge is -2.49. The van der Waals surface area contributed by atoms with Crippen LogP contribution in [0.25, 0.3) is 0 Å². The lowest BCUT2D eigenvalue weighted by molar-refractivity contribution is 0.0647. The standard InChI is InChI=1S/C31H41N3O4S/c1-3-38-30(35)34-20-24-10-11-26(34)19-27(18-24)32-16-14-31(15-17-32)22-33(21-25-6-4-5-7-29(25)31)39(36,37)28-12-8-23(2)9-13-28/h4-9,12-13,24,26-27H,3,10-11,14-22H2,1-2H3. The van der Waals surface area contributed by atoms with E-state index < -0.39 is 10.0 Å². The fraction of sp³-hybridized carbons (Fsp3) is 0.581. The summed E-state index contributed by atoms with van der Waals surface area (Å²) in [7, 11) is -3.59. The number of carbonyl (C=O) groups is 1. The Morgan fingerprint density at radius 1 is 1.00 bits per heavy atom. The number of benzene rings is 2. The number of amides is 1. The fourth-order valence-corrected chi connectivity index (χ4v) is 9.19. The fourth-order valence-electron chi connectivity index (χ4n) is 7.68. The number of hydrogen-bond acceptors (Lipinski definition) is 5. The van der Waals surface area contributed by atoms with Crippen molar-refractivity contribution in [3.8, 4) is 0 Å². The minimum absolute atomic E-state index is 0.154. The second-order valence-electron chi connectivity index (χ2n) is 12.1. The first kappa shape index (κ1) is 26.8. The third kappa shape index (κ3) is 5.00. The predicted octanol–water partition coefficient (Wildman–Crippen LogP) is 4.93. The van der Waals surface area contributed by atoms with Gasteiger partial charge in [-0.25, -0.2) is 13.2 Å². The Labute approximate surface area is 233 Å². The largest absolute Gasteiger partial charge is 0.450 e. The van der Waals surface area contributed by atoms with Crippen molar-refractivity contribution in [3.63, 3.8) is 0 Å². The molecule has 7 nitrogen and oxygen atoms in total. The number of piperidine rings is 2. The summed E-state index contributed by atoms with van der Waals surface area (Å²) in [5.41, 5.74) is 3.34. The van der Waals surface area contributed by atoms with Gasteiger partial charge in [-0.2, -0.15) is 4.31 Å². The van der Waals surface area contributed by atoms with Crippen LogP contribution < -0.4 is 0 Å². The normalized spacial score (nSPS) is 27.2. The molecule has 0 radical (unpaired) electrons. The van der Waals surface area contributed by atoms with E-state index in [1.807, 2.05) is 36.9 Å². The molecule has 1 aliphatic carbocycles. The molecular weight excluding hydrogens is 510 g/mol. The number of likely N-dealkylation sites (tertiary alicyclic amines) is 1. The Kier molecular flexibility index (Phi) is 7.23. The summed E-state index contributed by atoms with van der Waals surface area (Å²) in [5, 5.41) is 0. The molecule has 0 N–H and O–H groups in total. The highest BCUT2D eigenvalue weighted by atomic mass is 32.2. The van der Waals surface area contributed by atoms with Crippen molar-refractivity contribution < 1.29 is 17.9 Å². The van der Waals surface area contributed by atoms with Crippen LogP contribution in [-0.4, -0.2) is 73.5 Å². The maximum Gasteiger partial charge on any atom is 0.410 e. The van der Waals surface area contributed by atoms with Crippen LogP contribution in [0.2, 0.25) is 0 Å². The van der Waals surface area contributed by atoms with E-state index in [-0.39, 0.29) is 17.6 Å². The summed E-state index contributed by atoms with van der Waals surface area (Å²) in [6.07, 6.45) is 6.12. The van der Waals surface area contributed by atoms with Gasteiger partial charge in [0.25, 0.3) is 0 Å². The van der Waals surface area contributed by atoms with E-state index in [2.05, 4.69) is 23.1 Å². The predicted molar refractivity (Wildman–Crippen MR) is 151 cm³/mol. The molecule has 1 amide bonds. The quantitative estimate of drug-likeness (QED) is 0.539. The van der Waals surface area contributed by atoms with Crippen molar-refractivity contribution in [1.82, 2.24) is 14.1 Å². The molecule has 1 spiro atoms. The highest BCUT2D eigenvalue weighted by Gasteiger charge is 2.47. The number of ether oxygens (including phenoxy) is 1. The average molecular weight is 552 g/mol. The van der Waals surface area contributed by atoms with Crippen LogP contribution in [0.3, 0.4) is 0 Å². The molecule has 2 bridgehead atoms. The minimum Gasteiger partial charge on any atom is -0.450 e. The number of fused-ring (bicyclic) bond motifs is 6. The summed E-state index contributed by atoms with van der Waals surface area (Å²) in [6, 6.07) is 16.4. The molecule has 1 saturated carbocycles. The number of sulfonamides is 1. The van der Waals surface area contributed by atoms with E-state index in [0.29, 0.717) is 36.6 Å². The molecule has 3 atom stereocenters. The van der Waals surface area contributed by atoms with Gasteiger partial charge < -0.3 is 14.5 Å². The molecule has 210 valence electrons. The van der Waals surface area contributed by atoms with E-state index in [4.69, 9.17) is 4.74 Å². The molecule has 4 heterocycles. The van der Waals surface area contributed by atoms with Gasteiger partial charge in [0.15, 0.2) is 0 Å². The Morgan fingerprint density at radius 2 is 1.74 bits per heavy atom. The summed E-state index contributed by atoms with van der Waals surface area (Å²) < 4.78 is 34.6. The maximum absolute atomic E-state index is 13.8. The van der Waals surface area contributed by atoms with Gasteiger partial charge in [0.1, 0.15) is 0 Å². The van der Waals surface area contributed by atoms with Crippen molar-refractivity contribution in [2.75, 3.05) is 32.8 Å². The van der Waals surface area contributed by atoms with E-state index >= 15 is 0 Å². The molecule has 4 fully saturated rings. The van der Waals surface area contributed by atoms with Gasteiger partial charge >= 0.3 is 6.09 Å². The summed E-state index contributed by atoms with van der Waals surface area (Å²) >= 11 is 0. The number of carbonyl (C=O) groups excluding carboxylic acids is 1. The van der Waals surface area contributed by atoms with Gasteiger partial charge in [-0.15, -0.1) is 0 Å². The molecule has 2 aromatic rings. The highest BCUT2D eigenvalue weighted by molar-refractivity contribution is 7.89. The lowest BCUT2D eigenvalue weighted by Crippen LogP contribution is -2.55. The zero-order chi connectivity index (χ0) is 27.2. The topological polar surface area (TPSA) is 70.2 Å². The van der Waals surface area contributed by atoms with Crippen molar-refractivity contribution in [2.24, 2.45) is 5.92 Å². The number of hydrogen-bond donors (Lipinski definition) is 0. The zero-order valence-electron chi connectivity index (χ0n) is 23.2. The Balaban J connectivity index is 1.21. The van der Waals surface area contributed by atoms with Crippen molar-refractivity contribution in [3.05, 3.63) is 65.2 Å². The van der Waals surface area contributed by atoms with Crippen LogP contribution >= 0.6 is 0 Å². The smallest absolute Gasteiger partial charge is 0.410 e. The first-order valence-electron chi connectivity index (χ1n) is 14.6. The monoisotopic (exact) mass is 551 g/mol. The lowest BCUT2D eigenvalue weighted by atomic mass is 9.69. The molecule has 5 aliphatic rings. The van der Waals surface area contributed by atoms with Crippen LogP contribution in [-0.2, 0) is 26.7 Å². The minimum atomic E-state index is -3.59. The highest BCUT2D eigenvalue weighted by Crippen LogP contribution is 2.45. The van der Waals surface area contributed by atoms with Crippen molar-refractivity contribution >= 4 is 16.1 Å². The van der Waals surface area contributed by atoms with Crippen molar-refractivity contribution in [2.45, 2.75) is 81.3 Å². The Hall–Kier alpha value is -2.42. The van der Waals surface area contributed by atoms with Crippen LogP contribution in [0.1, 0.15) is 62.1 Å². The first-order valence-corrected chi connectivity index (χ1v) is 16.1. The second-order valence-corrected chi connectivity index (χ2v) is 14.1. The Bertz CT molecular complexity index is 1300. The van der Waals surface area contributed by atoms with E-state index in [1.54, 1.807) is 16.4 Å². The first-order chi connectivity index (χ1) is 18.8. The van der Waals surface area contributed by atoms with Gasteiger partial charge in [-0.05, 0) is 94.6 Å². The molecule has 3 saturated heterocycles. The van der Waals surface area contributed by atoms with Gasteiger partial charge in [-0.3, -0.25) is 0 Å². The average Bonchev–Trinajstić information content (AvgIpc) is 3.26. The number of aryl methyl sites for hydroxylation is 1. The van der Waals surface area contributed by atoms with Gasteiger partial charge in [-0.1, -0.05) is 42.0 Å². The molecule has 2 aromatic carbocycles. The third-order valence-electron chi connectivity index (χ3n) is 9.80. The van der Waals surface area contributed by atoms with Gasteiger partial charge in [0.2, 0.25) is 10.0 Å². The molecule has 8 heteroatoms. The molecule has 0 aromatic heterocycles. The molecule has 3 unspecified atom stereocenters. The summed E-state index contributed by atoms with van der Waals surface area (Å²) in [6.45, 7) is 7.95. The molecule has 4 aliphatic heterocycles. The van der Waals surface area contributed by atoms with Crippen LogP contribution in [0.5, 0.6) is 0 Å². The molecule has 39 heavy (non-hydrogen) atoms. The number of rotatable bonds is 4.